The van der Waals surface area contributed by atoms with Crippen molar-refractivity contribution in [2.24, 2.45) is 0 Å². The summed E-state index contributed by atoms with van der Waals surface area (Å²) in [6.45, 7) is 5.86. The zero-order valence-electron chi connectivity index (χ0n) is 15.3. The molecule has 0 aromatic heterocycles. The van der Waals surface area contributed by atoms with E-state index in [0.29, 0.717) is 5.75 Å². The van der Waals surface area contributed by atoms with Crippen LogP contribution < -0.4 is 4.74 Å². The Bertz CT molecular complexity index is 932. The first kappa shape index (κ1) is 20.5. The van der Waals surface area contributed by atoms with Crippen LogP contribution in [-0.2, 0) is 16.1 Å². The van der Waals surface area contributed by atoms with E-state index in [-0.39, 0.29) is 23.8 Å². The minimum absolute atomic E-state index is 0.0704. The van der Waals surface area contributed by atoms with Crippen LogP contribution in [0.4, 0.5) is 4.39 Å². The van der Waals surface area contributed by atoms with Crippen LogP contribution in [0, 0.1) is 31.0 Å². The molecule has 0 aliphatic heterocycles. The lowest BCUT2D eigenvalue weighted by molar-refractivity contribution is -0.137. The first-order valence-electron chi connectivity index (χ1n) is 8.32. The molecular formula is C21H19ClFNO3. The van der Waals surface area contributed by atoms with E-state index < -0.39 is 11.8 Å². The highest BCUT2D eigenvalue weighted by molar-refractivity contribution is 6.32. The molecule has 0 radical (unpaired) electrons. The molecule has 0 heterocycles. The largest absolute Gasteiger partial charge is 0.487 e. The second-order valence-corrected chi connectivity index (χ2v) is 6.30. The SMILES string of the molecule is CCOC(=O)/C(C#N)=C/c1cc(C)cc(COc2ccc(F)cc2Cl)c1C. The van der Waals surface area contributed by atoms with Gasteiger partial charge in [-0.2, -0.15) is 5.26 Å². The van der Waals surface area contributed by atoms with Crippen LogP contribution in [-0.4, -0.2) is 12.6 Å². The third kappa shape index (κ3) is 5.32. The van der Waals surface area contributed by atoms with Gasteiger partial charge >= 0.3 is 5.97 Å². The number of hydrogen-bond acceptors (Lipinski definition) is 4. The molecule has 0 spiro atoms. The smallest absolute Gasteiger partial charge is 0.348 e. The van der Waals surface area contributed by atoms with E-state index in [1.165, 1.54) is 24.3 Å². The minimum Gasteiger partial charge on any atom is -0.487 e. The van der Waals surface area contributed by atoms with Gasteiger partial charge < -0.3 is 9.47 Å². The summed E-state index contributed by atoms with van der Waals surface area (Å²) in [5.41, 5.74) is 3.32. The molecule has 0 N–H and O–H groups in total. The molecule has 27 heavy (non-hydrogen) atoms. The molecule has 0 bridgehead atoms. The Hall–Kier alpha value is -2.84. The molecular weight excluding hydrogens is 369 g/mol. The Morgan fingerprint density at radius 1 is 1.30 bits per heavy atom. The lowest BCUT2D eigenvalue weighted by atomic mass is 9.98. The second-order valence-electron chi connectivity index (χ2n) is 5.89. The van der Waals surface area contributed by atoms with E-state index in [2.05, 4.69) is 0 Å². The van der Waals surface area contributed by atoms with Gasteiger partial charge in [0, 0.05) is 0 Å². The van der Waals surface area contributed by atoms with E-state index in [4.69, 9.17) is 21.1 Å². The van der Waals surface area contributed by atoms with Crippen molar-refractivity contribution in [2.75, 3.05) is 6.61 Å². The summed E-state index contributed by atoms with van der Waals surface area (Å²) in [4.78, 5) is 11.9. The van der Waals surface area contributed by atoms with Gasteiger partial charge in [-0.3, -0.25) is 0 Å². The number of nitrogens with zero attached hydrogens (tertiary/aromatic N) is 1. The summed E-state index contributed by atoms with van der Waals surface area (Å²) < 4.78 is 23.8. The van der Waals surface area contributed by atoms with Crippen molar-refractivity contribution in [1.29, 1.82) is 5.26 Å². The third-order valence-electron chi connectivity index (χ3n) is 3.89. The molecule has 0 aliphatic rings. The number of ether oxygens (including phenoxy) is 2. The van der Waals surface area contributed by atoms with Crippen molar-refractivity contribution >= 4 is 23.6 Å². The lowest BCUT2D eigenvalue weighted by Gasteiger charge is -2.13. The van der Waals surface area contributed by atoms with Crippen LogP contribution in [0.1, 0.15) is 29.2 Å². The standard InChI is InChI=1S/C21H19ClFNO3/c1-4-26-21(25)16(11-24)9-15-7-13(2)8-17(14(15)3)12-27-20-6-5-18(23)10-19(20)22/h5-10H,4,12H2,1-3H3/b16-9+. The van der Waals surface area contributed by atoms with Crippen molar-refractivity contribution in [3.8, 4) is 11.8 Å². The lowest BCUT2D eigenvalue weighted by Crippen LogP contribution is -2.07. The second kappa shape index (κ2) is 9.20. The van der Waals surface area contributed by atoms with Gasteiger partial charge in [-0.15, -0.1) is 0 Å². The number of benzene rings is 2. The van der Waals surface area contributed by atoms with E-state index in [0.717, 1.165) is 22.3 Å². The molecule has 2 aromatic rings. The van der Waals surface area contributed by atoms with Gasteiger partial charge in [0.25, 0.3) is 0 Å². The first-order valence-corrected chi connectivity index (χ1v) is 8.70. The van der Waals surface area contributed by atoms with Gasteiger partial charge in [0.15, 0.2) is 0 Å². The molecule has 0 fully saturated rings. The van der Waals surface area contributed by atoms with Crippen molar-refractivity contribution in [2.45, 2.75) is 27.4 Å². The van der Waals surface area contributed by atoms with Crippen LogP contribution in [0.3, 0.4) is 0 Å². The highest BCUT2D eigenvalue weighted by Gasteiger charge is 2.13. The predicted molar refractivity (Wildman–Crippen MR) is 102 cm³/mol. The Labute approximate surface area is 162 Å². The summed E-state index contributed by atoms with van der Waals surface area (Å²) in [6.07, 6.45) is 1.51. The Morgan fingerprint density at radius 3 is 2.67 bits per heavy atom. The fraction of sp³-hybridized carbons (Fsp3) is 0.238. The van der Waals surface area contributed by atoms with Gasteiger partial charge in [-0.25, -0.2) is 9.18 Å². The average molecular weight is 388 g/mol. The van der Waals surface area contributed by atoms with Crippen molar-refractivity contribution in [3.63, 3.8) is 0 Å². The zero-order valence-corrected chi connectivity index (χ0v) is 16.1. The summed E-state index contributed by atoms with van der Waals surface area (Å²) in [5.74, 6) is -0.716. The van der Waals surface area contributed by atoms with Crippen molar-refractivity contribution in [3.05, 3.63) is 69.0 Å². The van der Waals surface area contributed by atoms with Crippen molar-refractivity contribution in [1.82, 2.24) is 0 Å². The number of esters is 1. The Morgan fingerprint density at radius 2 is 2.04 bits per heavy atom. The maximum Gasteiger partial charge on any atom is 0.348 e. The quantitative estimate of drug-likeness (QED) is 0.391. The minimum atomic E-state index is -0.656. The summed E-state index contributed by atoms with van der Waals surface area (Å²) >= 11 is 5.99. The number of rotatable bonds is 6. The number of aryl methyl sites for hydroxylation is 1. The summed E-state index contributed by atoms with van der Waals surface area (Å²) in [5, 5.41) is 9.42. The predicted octanol–water partition coefficient (Wildman–Crippen LogP) is 5.15. The van der Waals surface area contributed by atoms with Crippen LogP contribution in [0.5, 0.6) is 5.75 Å². The average Bonchev–Trinajstić information content (AvgIpc) is 2.62. The third-order valence-corrected chi connectivity index (χ3v) is 4.19. The molecule has 0 unspecified atom stereocenters. The van der Waals surface area contributed by atoms with Crippen molar-refractivity contribution < 1.29 is 18.7 Å². The highest BCUT2D eigenvalue weighted by atomic mass is 35.5. The number of nitriles is 1. The fourth-order valence-corrected chi connectivity index (χ4v) is 2.73. The highest BCUT2D eigenvalue weighted by Crippen LogP contribution is 2.27. The number of halogens is 2. The van der Waals surface area contributed by atoms with Crippen LogP contribution >= 0.6 is 11.6 Å². The van der Waals surface area contributed by atoms with E-state index in [1.54, 1.807) is 6.92 Å². The number of carbonyl (C=O) groups excluding carboxylic acids is 1. The van der Waals surface area contributed by atoms with E-state index >= 15 is 0 Å². The van der Waals surface area contributed by atoms with Gasteiger partial charge in [-0.1, -0.05) is 29.3 Å². The summed E-state index contributed by atoms with van der Waals surface area (Å²) in [7, 11) is 0. The van der Waals surface area contributed by atoms with Gasteiger partial charge in [0.2, 0.25) is 0 Å². The van der Waals surface area contributed by atoms with Gasteiger partial charge in [0.1, 0.15) is 29.8 Å². The molecule has 4 nitrogen and oxygen atoms in total. The summed E-state index contributed by atoms with van der Waals surface area (Å²) in [6, 6.07) is 9.63. The van der Waals surface area contributed by atoms with Crippen LogP contribution in [0.15, 0.2) is 35.9 Å². The normalized spacial score (nSPS) is 11.0. The molecule has 6 heteroatoms. The molecule has 0 atom stereocenters. The maximum atomic E-state index is 13.1. The Kier molecular flexibility index (Phi) is 6.98. The van der Waals surface area contributed by atoms with E-state index in [1.807, 2.05) is 32.0 Å². The molecule has 0 saturated heterocycles. The Balaban J connectivity index is 2.31. The van der Waals surface area contributed by atoms with E-state index in [9.17, 15) is 14.4 Å². The number of hydrogen-bond donors (Lipinski definition) is 0. The monoisotopic (exact) mass is 387 g/mol. The van der Waals surface area contributed by atoms with Crippen LogP contribution in [0.25, 0.3) is 6.08 Å². The van der Waals surface area contributed by atoms with Gasteiger partial charge in [-0.05, 0) is 61.7 Å². The van der Waals surface area contributed by atoms with Crippen LogP contribution in [0.2, 0.25) is 5.02 Å². The molecule has 2 rings (SSSR count). The zero-order chi connectivity index (χ0) is 20.0. The maximum absolute atomic E-state index is 13.1. The molecule has 140 valence electrons. The fourth-order valence-electron chi connectivity index (χ4n) is 2.51. The first-order chi connectivity index (χ1) is 12.8. The van der Waals surface area contributed by atoms with Gasteiger partial charge in [0.05, 0.1) is 11.6 Å². The molecule has 0 aliphatic carbocycles. The topological polar surface area (TPSA) is 59.3 Å². The molecule has 2 aromatic carbocycles. The molecule has 0 amide bonds. The molecule has 0 saturated carbocycles. The number of carbonyl (C=O) groups is 1.